The van der Waals surface area contributed by atoms with Gasteiger partial charge >= 0.3 is 0 Å². The molecule has 0 bridgehead atoms. The van der Waals surface area contributed by atoms with Crippen molar-refractivity contribution in [2.24, 2.45) is 11.8 Å². The van der Waals surface area contributed by atoms with Crippen LogP contribution in [0.15, 0.2) is 10.8 Å². The van der Waals surface area contributed by atoms with Gasteiger partial charge in [-0.1, -0.05) is 20.3 Å². The van der Waals surface area contributed by atoms with Gasteiger partial charge in [-0.15, -0.1) is 0 Å². The van der Waals surface area contributed by atoms with Crippen LogP contribution in [0.3, 0.4) is 0 Å². The molecule has 1 aromatic heterocycles. The molecule has 2 unspecified atom stereocenters. The maximum absolute atomic E-state index is 5.56. The SMILES string of the molecule is CCC(C)C(NN)c1cscc1C. The number of aryl methyl sites for hydroxylation is 1. The summed E-state index contributed by atoms with van der Waals surface area (Å²) >= 11 is 1.74. The maximum Gasteiger partial charge on any atom is 0.0496 e. The lowest BCUT2D eigenvalue weighted by Gasteiger charge is -2.22. The largest absolute Gasteiger partial charge is 0.271 e. The Hall–Kier alpha value is -0.380. The number of hydrogen-bond acceptors (Lipinski definition) is 3. The van der Waals surface area contributed by atoms with Gasteiger partial charge in [-0.3, -0.25) is 11.3 Å². The van der Waals surface area contributed by atoms with Crippen LogP contribution in [0.4, 0.5) is 0 Å². The van der Waals surface area contributed by atoms with E-state index in [0.717, 1.165) is 6.42 Å². The fourth-order valence-corrected chi connectivity index (χ4v) is 2.37. The summed E-state index contributed by atoms with van der Waals surface area (Å²) < 4.78 is 0. The van der Waals surface area contributed by atoms with E-state index in [9.17, 15) is 0 Å². The monoisotopic (exact) mass is 198 g/mol. The van der Waals surface area contributed by atoms with E-state index in [-0.39, 0.29) is 0 Å². The topological polar surface area (TPSA) is 38.0 Å². The summed E-state index contributed by atoms with van der Waals surface area (Å²) in [4.78, 5) is 0. The van der Waals surface area contributed by atoms with Crippen LogP contribution in [-0.2, 0) is 0 Å². The van der Waals surface area contributed by atoms with E-state index >= 15 is 0 Å². The predicted octanol–water partition coefficient (Wildman–Crippen LogP) is 2.61. The lowest BCUT2D eigenvalue weighted by atomic mass is 9.93. The number of nitrogens with one attached hydrogen (secondary N) is 1. The summed E-state index contributed by atoms with van der Waals surface area (Å²) in [7, 11) is 0. The minimum Gasteiger partial charge on any atom is -0.271 e. The molecular weight excluding hydrogens is 180 g/mol. The zero-order valence-corrected chi connectivity index (χ0v) is 9.32. The first-order valence-electron chi connectivity index (χ1n) is 4.69. The van der Waals surface area contributed by atoms with E-state index in [1.54, 1.807) is 11.3 Å². The molecule has 13 heavy (non-hydrogen) atoms. The zero-order valence-electron chi connectivity index (χ0n) is 8.50. The molecule has 0 saturated heterocycles. The Kier molecular flexibility index (Phi) is 3.90. The molecule has 0 aromatic carbocycles. The molecule has 0 saturated carbocycles. The Morgan fingerprint density at radius 1 is 1.54 bits per heavy atom. The van der Waals surface area contributed by atoms with E-state index in [1.165, 1.54) is 11.1 Å². The van der Waals surface area contributed by atoms with Crippen molar-refractivity contribution in [3.05, 3.63) is 21.9 Å². The normalized spacial score (nSPS) is 15.7. The second kappa shape index (κ2) is 4.74. The molecule has 0 amide bonds. The molecule has 0 radical (unpaired) electrons. The Bertz CT molecular complexity index is 257. The fourth-order valence-electron chi connectivity index (χ4n) is 1.49. The molecule has 1 heterocycles. The highest BCUT2D eigenvalue weighted by atomic mass is 32.1. The van der Waals surface area contributed by atoms with Gasteiger partial charge in [-0.2, -0.15) is 11.3 Å². The number of hydrogen-bond donors (Lipinski definition) is 2. The van der Waals surface area contributed by atoms with Crippen LogP contribution in [0.5, 0.6) is 0 Å². The Morgan fingerprint density at radius 2 is 2.23 bits per heavy atom. The lowest BCUT2D eigenvalue weighted by Crippen LogP contribution is -2.32. The smallest absolute Gasteiger partial charge is 0.0496 e. The van der Waals surface area contributed by atoms with Crippen LogP contribution in [-0.4, -0.2) is 0 Å². The summed E-state index contributed by atoms with van der Waals surface area (Å²) in [6.45, 7) is 6.55. The van der Waals surface area contributed by atoms with Gasteiger partial charge in [0.1, 0.15) is 0 Å². The summed E-state index contributed by atoms with van der Waals surface area (Å²) in [5.74, 6) is 6.15. The van der Waals surface area contributed by atoms with Gasteiger partial charge in [0.2, 0.25) is 0 Å². The van der Waals surface area contributed by atoms with Crippen molar-refractivity contribution in [1.29, 1.82) is 0 Å². The molecule has 0 fully saturated rings. The van der Waals surface area contributed by atoms with Crippen LogP contribution >= 0.6 is 11.3 Å². The Balaban J connectivity index is 2.84. The van der Waals surface area contributed by atoms with E-state index in [0.29, 0.717) is 12.0 Å². The van der Waals surface area contributed by atoms with E-state index < -0.39 is 0 Å². The zero-order chi connectivity index (χ0) is 9.84. The highest BCUT2D eigenvalue weighted by Crippen LogP contribution is 2.28. The van der Waals surface area contributed by atoms with Crippen LogP contribution in [0.1, 0.15) is 37.4 Å². The molecular formula is C10H18N2S. The average molecular weight is 198 g/mol. The van der Waals surface area contributed by atoms with Crippen LogP contribution in [0.2, 0.25) is 0 Å². The summed E-state index contributed by atoms with van der Waals surface area (Å²) in [6, 6.07) is 0.302. The standard InChI is InChI=1S/C10H18N2S/c1-4-7(2)10(12-11)9-6-13-5-8(9)3/h5-7,10,12H,4,11H2,1-3H3. The second-order valence-corrected chi connectivity index (χ2v) is 4.28. The van der Waals surface area contributed by atoms with Gasteiger partial charge in [0.15, 0.2) is 0 Å². The van der Waals surface area contributed by atoms with Gasteiger partial charge in [-0.05, 0) is 34.7 Å². The first-order chi connectivity index (χ1) is 6.20. The van der Waals surface area contributed by atoms with Gasteiger partial charge in [-0.25, -0.2) is 0 Å². The molecule has 1 aromatic rings. The summed E-state index contributed by atoms with van der Waals surface area (Å²) in [5.41, 5.74) is 5.59. The fraction of sp³-hybridized carbons (Fsp3) is 0.600. The Labute approximate surface area is 84.1 Å². The third kappa shape index (κ3) is 2.30. The Morgan fingerprint density at radius 3 is 2.62 bits per heavy atom. The quantitative estimate of drug-likeness (QED) is 0.576. The molecule has 3 heteroatoms. The van der Waals surface area contributed by atoms with Gasteiger partial charge in [0.05, 0.1) is 0 Å². The molecule has 2 nitrogen and oxygen atoms in total. The third-order valence-electron chi connectivity index (χ3n) is 2.62. The first kappa shape index (κ1) is 10.7. The molecule has 0 aliphatic carbocycles. The molecule has 2 atom stereocenters. The summed E-state index contributed by atoms with van der Waals surface area (Å²) in [6.07, 6.45) is 1.14. The van der Waals surface area contributed by atoms with Gasteiger partial charge in [0, 0.05) is 6.04 Å². The number of hydrazine groups is 1. The van der Waals surface area contributed by atoms with Crippen LogP contribution < -0.4 is 11.3 Å². The van der Waals surface area contributed by atoms with Crippen molar-refractivity contribution < 1.29 is 0 Å². The van der Waals surface area contributed by atoms with Crippen LogP contribution in [0, 0.1) is 12.8 Å². The van der Waals surface area contributed by atoms with Crippen molar-refractivity contribution in [2.45, 2.75) is 33.2 Å². The van der Waals surface area contributed by atoms with Gasteiger partial charge in [0.25, 0.3) is 0 Å². The maximum atomic E-state index is 5.56. The number of nitrogens with two attached hydrogens (primary N) is 1. The highest BCUT2D eigenvalue weighted by Gasteiger charge is 2.18. The van der Waals surface area contributed by atoms with Crippen molar-refractivity contribution in [3.8, 4) is 0 Å². The summed E-state index contributed by atoms with van der Waals surface area (Å²) in [5, 5.41) is 4.36. The highest BCUT2D eigenvalue weighted by molar-refractivity contribution is 7.08. The van der Waals surface area contributed by atoms with E-state index in [2.05, 4.69) is 37.0 Å². The first-order valence-corrected chi connectivity index (χ1v) is 5.63. The van der Waals surface area contributed by atoms with Gasteiger partial charge < -0.3 is 0 Å². The molecule has 0 spiro atoms. The molecule has 1 rings (SSSR count). The van der Waals surface area contributed by atoms with E-state index in [4.69, 9.17) is 5.84 Å². The minimum atomic E-state index is 0.302. The van der Waals surface area contributed by atoms with Crippen molar-refractivity contribution in [2.75, 3.05) is 0 Å². The predicted molar refractivity (Wildman–Crippen MR) is 58.6 cm³/mol. The van der Waals surface area contributed by atoms with Crippen molar-refractivity contribution in [1.82, 2.24) is 5.43 Å². The molecule has 74 valence electrons. The van der Waals surface area contributed by atoms with Crippen molar-refractivity contribution in [3.63, 3.8) is 0 Å². The van der Waals surface area contributed by atoms with E-state index in [1.807, 2.05) is 0 Å². The molecule has 0 aliphatic rings. The number of rotatable bonds is 4. The lowest BCUT2D eigenvalue weighted by molar-refractivity contribution is 0.382. The second-order valence-electron chi connectivity index (χ2n) is 3.54. The molecule has 3 N–H and O–H groups in total. The molecule has 0 aliphatic heterocycles. The van der Waals surface area contributed by atoms with Crippen LogP contribution in [0.25, 0.3) is 0 Å². The minimum absolute atomic E-state index is 0.302. The number of thiophene rings is 1. The average Bonchev–Trinajstić information content (AvgIpc) is 2.53. The third-order valence-corrected chi connectivity index (χ3v) is 3.50. The van der Waals surface area contributed by atoms with Crippen molar-refractivity contribution >= 4 is 11.3 Å².